The molecule has 0 bridgehead atoms. The molecule has 0 saturated carbocycles. The van der Waals surface area contributed by atoms with Crippen LogP contribution < -0.4 is 5.73 Å². The van der Waals surface area contributed by atoms with E-state index in [2.05, 4.69) is 21.0 Å². The maximum Gasteiger partial charge on any atom is 0.145 e. The van der Waals surface area contributed by atoms with Crippen LogP contribution in [0.4, 0.5) is 5.82 Å². The van der Waals surface area contributed by atoms with Gasteiger partial charge in [-0.3, -0.25) is 0 Å². The molecule has 2 N–H and O–H groups in total. The summed E-state index contributed by atoms with van der Waals surface area (Å²) in [6.07, 6.45) is 2.22. The fourth-order valence-electron chi connectivity index (χ4n) is 1.71. The van der Waals surface area contributed by atoms with E-state index in [1.54, 1.807) is 0 Å². The van der Waals surface area contributed by atoms with Crippen molar-refractivity contribution < 1.29 is 0 Å². The van der Waals surface area contributed by atoms with Gasteiger partial charge in [-0.05, 0) is 24.1 Å². The number of nitrogens with zero attached hydrogens (tertiary/aromatic N) is 3. The van der Waals surface area contributed by atoms with Gasteiger partial charge in [-0.15, -0.1) is 0 Å². The summed E-state index contributed by atoms with van der Waals surface area (Å²) in [6, 6.07) is 5.70. The van der Waals surface area contributed by atoms with Crippen LogP contribution in [0.2, 0.25) is 5.02 Å². The molecule has 18 heavy (non-hydrogen) atoms. The van der Waals surface area contributed by atoms with Crippen molar-refractivity contribution in [2.45, 2.75) is 13.3 Å². The Kier molecular flexibility index (Phi) is 3.60. The van der Waals surface area contributed by atoms with E-state index in [4.69, 9.17) is 22.6 Å². The average Bonchev–Trinajstić information content (AvgIpc) is 2.71. The average molecular weight is 326 g/mol. The molecule has 2 rings (SSSR count). The van der Waals surface area contributed by atoms with E-state index in [-0.39, 0.29) is 0 Å². The summed E-state index contributed by atoms with van der Waals surface area (Å²) in [5.74, 6) is 0.295. The number of hydrogen-bond donors (Lipinski definition) is 1. The van der Waals surface area contributed by atoms with Crippen molar-refractivity contribution in [1.29, 1.82) is 5.26 Å². The Morgan fingerprint density at radius 1 is 1.56 bits per heavy atom. The number of halogens is 2. The second-order valence-electron chi connectivity index (χ2n) is 3.68. The smallest absolute Gasteiger partial charge is 0.145 e. The number of nitrogens with two attached hydrogens (primary N) is 1. The van der Waals surface area contributed by atoms with Crippen LogP contribution in [0.1, 0.15) is 18.1 Å². The molecule has 1 aromatic carbocycles. The molecule has 0 amide bonds. The minimum Gasteiger partial charge on any atom is -0.382 e. The first-order valence-corrected chi connectivity index (χ1v) is 6.48. The molecule has 6 heteroatoms. The molecule has 1 heterocycles. The molecule has 0 aliphatic heterocycles. The molecule has 0 unspecified atom stereocenters. The lowest BCUT2D eigenvalue weighted by molar-refractivity contribution is 0.887. The van der Waals surface area contributed by atoms with Crippen LogP contribution in [-0.2, 0) is 6.42 Å². The standard InChI is InChI=1S/C12H10BrClN4/c1-2-8-9(13)3-4-10(11(8)14)18-12(16)7(5-15)6-17-18/h3-4,6H,2,16H2,1H3. The first-order chi connectivity index (χ1) is 8.60. The van der Waals surface area contributed by atoms with Crippen LogP contribution in [0, 0.1) is 11.3 Å². The Morgan fingerprint density at radius 2 is 2.28 bits per heavy atom. The van der Waals surface area contributed by atoms with Crippen LogP contribution >= 0.6 is 27.5 Å². The van der Waals surface area contributed by atoms with Crippen LogP contribution in [0.5, 0.6) is 0 Å². The minimum absolute atomic E-state index is 0.295. The van der Waals surface area contributed by atoms with Crippen molar-refractivity contribution in [3.8, 4) is 11.8 Å². The van der Waals surface area contributed by atoms with Gasteiger partial charge in [0.1, 0.15) is 17.5 Å². The molecule has 0 aliphatic carbocycles. The number of nitrogen functional groups attached to an aromatic ring is 1. The lowest BCUT2D eigenvalue weighted by Gasteiger charge is -2.11. The van der Waals surface area contributed by atoms with E-state index in [1.807, 2.05) is 25.1 Å². The van der Waals surface area contributed by atoms with Crippen LogP contribution in [0.15, 0.2) is 22.8 Å². The molecule has 0 atom stereocenters. The van der Waals surface area contributed by atoms with Crippen molar-refractivity contribution in [2.75, 3.05) is 5.73 Å². The van der Waals surface area contributed by atoms with Crippen LogP contribution in [-0.4, -0.2) is 9.78 Å². The normalized spacial score (nSPS) is 10.3. The number of benzene rings is 1. The molecular weight excluding hydrogens is 316 g/mol. The second kappa shape index (κ2) is 5.01. The van der Waals surface area contributed by atoms with Crippen LogP contribution in [0.3, 0.4) is 0 Å². The van der Waals surface area contributed by atoms with E-state index in [0.29, 0.717) is 22.1 Å². The van der Waals surface area contributed by atoms with Gasteiger partial charge in [0.05, 0.1) is 16.9 Å². The summed E-state index contributed by atoms with van der Waals surface area (Å²) in [7, 11) is 0. The Morgan fingerprint density at radius 3 is 2.83 bits per heavy atom. The lowest BCUT2D eigenvalue weighted by Crippen LogP contribution is -2.04. The summed E-state index contributed by atoms with van der Waals surface area (Å²) in [6.45, 7) is 2.02. The highest BCUT2D eigenvalue weighted by Gasteiger charge is 2.14. The van der Waals surface area contributed by atoms with Gasteiger partial charge in [-0.2, -0.15) is 10.4 Å². The zero-order valence-electron chi connectivity index (χ0n) is 9.61. The van der Waals surface area contributed by atoms with Crippen molar-refractivity contribution >= 4 is 33.3 Å². The maximum absolute atomic E-state index is 8.87. The topological polar surface area (TPSA) is 67.6 Å². The fraction of sp³-hybridized carbons (Fsp3) is 0.167. The number of rotatable bonds is 2. The van der Waals surface area contributed by atoms with E-state index < -0.39 is 0 Å². The quantitative estimate of drug-likeness (QED) is 0.921. The Labute approximate surface area is 118 Å². The molecule has 0 aliphatic rings. The van der Waals surface area contributed by atoms with Gasteiger partial charge in [0.2, 0.25) is 0 Å². The van der Waals surface area contributed by atoms with E-state index >= 15 is 0 Å². The summed E-state index contributed by atoms with van der Waals surface area (Å²) < 4.78 is 2.43. The van der Waals surface area contributed by atoms with Gasteiger partial charge in [0.25, 0.3) is 0 Å². The molecule has 2 aromatic rings. The second-order valence-corrected chi connectivity index (χ2v) is 4.91. The fourth-order valence-corrected chi connectivity index (χ4v) is 2.81. The number of nitriles is 1. The third kappa shape index (κ3) is 1.98. The van der Waals surface area contributed by atoms with E-state index in [0.717, 1.165) is 16.5 Å². The van der Waals surface area contributed by atoms with E-state index in [9.17, 15) is 0 Å². The van der Waals surface area contributed by atoms with E-state index in [1.165, 1.54) is 10.9 Å². The monoisotopic (exact) mass is 324 g/mol. The molecule has 1 aromatic heterocycles. The number of hydrogen-bond acceptors (Lipinski definition) is 3. The van der Waals surface area contributed by atoms with Gasteiger partial charge in [0, 0.05) is 4.47 Å². The predicted octanol–water partition coefficient (Wildman–Crippen LogP) is 3.30. The van der Waals surface area contributed by atoms with Gasteiger partial charge in [-0.25, -0.2) is 4.68 Å². The molecule has 0 saturated heterocycles. The third-order valence-corrected chi connectivity index (χ3v) is 3.84. The number of anilines is 1. The van der Waals surface area contributed by atoms with Crippen LogP contribution in [0.25, 0.3) is 5.69 Å². The zero-order valence-corrected chi connectivity index (χ0v) is 12.0. The summed E-state index contributed by atoms with van der Waals surface area (Å²) in [5.41, 5.74) is 7.86. The number of aromatic nitrogens is 2. The predicted molar refractivity (Wildman–Crippen MR) is 74.8 cm³/mol. The summed E-state index contributed by atoms with van der Waals surface area (Å²) >= 11 is 9.80. The molecule has 0 spiro atoms. The molecule has 4 nitrogen and oxygen atoms in total. The largest absolute Gasteiger partial charge is 0.382 e. The summed E-state index contributed by atoms with van der Waals surface area (Å²) in [4.78, 5) is 0. The van der Waals surface area contributed by atoms with Gasteiger partial charge < -0.3 is 5.73 Å². The Balaban J connectivity index is 2.65. The zero-order chi connectivity index (χ0) is 13.3. The molecule has 92 valence electrons. The Bertz CT molecular complexity index is 642. The highest BCUT2D eigenvalue weighted by atomic mass is 79.9. The van der Waals surface area contributed by atoms with Crippen molar-refractivity contribution in [1.82, 2.24) is 9.78 Å². The lowest BCUT2D eigenvalue weighted by atomic mass is 10.1. The first-order valence-electron chi connectivity index (χ1n) is 5.31. The highest BCUT2D eigenvalue weighted by molar-refractivity contribution is 9.10. The SMILES string of the molecule is CCc1c(Br)ccc(-n2ncc(C#N)c2N)c1Cl. The molecule has 0 fully saturated rings. The van der Waals surface area contributed by atoms with Crippen molar-refractivity contribution in [3.63, 3.8) is 0 Å². The minimum atomic E-state index is 0.295. The third-order valence-electron chi connectivity index (χ3n) is 2.67. The highest BCUT2D eigenvalue weighted by Crippen LogP contribution is 2.32. The molecule has 0 radical (unpaired) electrons. The Hall–Kier alpha value is -1.51. The molecular formula is C12H10BrClN4. The summed E-state index contributed by atoms with van der Waals surface area (Å²) in [5, 5.41) is 13.6. The van der Waals surface area contributed by atoms with Crippen molar-refractivity contribution in [2.24, 2.45) is 0 Å². The van der Waals surface area contributed by atoms with Gasteiger partial charge in [-0.1, -0.05) is 34.5 Å². The van der Waals surface area contributed by atoms with Gasteiger partial charge in [0.15, 0.2) is 0 Å². The maximum atomic E-state index is 8.87. The van der Waals surface area contributed by atoms with Crippen molar-refractivity contribution in [3.05, 3.63) is 39.0 Å². The first kappa shape index (κ1) is 12.9. The van der Waals surface area contributed by atoms with Gasteiger partial charge >= 0.3 is 0 Å².